The Kier molecular flexibility index (Phi) is 5.08. The Bertz CT molecular complexity index is 430. The van der Waals surface area contributed by atoms with E-state index >= 15 is 0 Å². The minimum absolute atomic E-state index is 0.208. The van der Waals surface area contributed by atoms with Gasteiger partial charge in [-0.15, -0.1) is 11.3 Å². The summed E-state index contributed by atoms with van der Waals surface area (Å²) in [5, 5.41) is 7.11. The first kappa shape index (κ1) is 14.4. The topological polar surface area (TPSA) is 97.1 Å². The van der Waals surface area contributed by atoms with Crippen molar-refractivity contribution in [1.29, 1.82) is 0 Å². The molecule has 0 bridgehead atoms. The summed E-state index contributed by atoms with van der Waals surface area (Å²) < 4.78 is 0. The summed E-state index contributed by atoms with van der Waals surface area (Å²) in [6.45, 7) is 3.98. The maximum Gasteiger partial charge on any atom is 0.271 e. The third-order valence-electron chi connectivity index (χ3n) is 2.33. The first-order chi connectivity index (χ1) is 8.43. The third-order valence-corrected chi connectivity index (χ3v) is 3.00. The van der Waals surface area contributed by atoms with Gasteiger partial charge in [-0.1, -0.05) is 13.8 Å². The molecule has 100 valence electrons. The van der Waals surface area contributed by atoms with E-state index in [2.05, 4.69) is 15.6 Å². The van der Waals surface area contributed by atoms with Crippen LogP contribution < -0.4 is 16.4 Å². The van der Waals surface area contributed by atoms with E-state index < -0.39 is 6.04 Å². The number of likely N-dealkylation sites (N-methyl/N-ethyl adjacent to an activating group) is 1. The fourth-order valence-corrected chi connectivity index (χ4v) is 2.04. The van der Waals surface area contributed by atoms with Crippen LogP contribution in [0.4, 0.5) is 5.13 Å². The molecule has 0 aliphatic carbocycles. The molecule has 1 heterocycles. The predicted molar refractivity (Wildman–Crippen MR) is 71.3 cm³/mol. The molecule has 2 amide bonds. The lowest BCUT2D eigenvalue weighted by molar-refractivity contribution is -0.122. The number of carbonyl (C=O) groups is 2. The maximum atomic E-state index is 11.9. The number of amides is 2. The number of hydrogen-bond donors (Lipinski definition) is 3. The molecule has 1 atom stereocenters. The van der Waals surface area contributed by atoms with Gasteiger partial charge in [-0.25, -0.2) is 4.98 Å². The minimum atomic E-state index is -0.551. The van der Waals surface area contributed by atoms with Gasteiger partial charge in [-0.05, 0) is 12.3 Å². The highest BCUT2D eigenvalue weighted by Crippen LogP contribution is 2.12. The first-order valence-electron chi connectivity index (χ1n) is 5.67. The van der Waals surface area contributed by atoms with Gasteiger partial charge < -0.3 is 16.4 Å². The summed E-state index contributed by atoms with van der Waals surface area (Å²) in [6, 6.07) is -0.551. The molecule has 0 aliphatic rings. The van der Waals surface area contributed by atoms with Crippen LogP contribution in [-0.2, 0) is 4.79 Å². The minimum Gasteiger partial charge on any atom is -0.375 e. The monoisotopic (exact) mass is 270 g/mol. The van der Waals surface area contributed by atoms with Crippen molar-refractivity contribution in [2.24, 2.45) is 5.92 Å². The lowest BCUT2D eigenvalue weighted by atomic mass is 10.0. The van der Waals surface area contributed by atoms with Crippen molar-refractivity contribution in [3.63, 3.8) is 0 Å². The van der Waals surface area contributed by atoms with Crippen LogP contribution in [0.1, 0.15) is 30.8 Å². The molecule has 0 spiro atoms. The summed E-state index contributed by atoms with van der Waals surface area (Å²) in [7, 11) is 1.54. The van der Waals surface area contributed by atoms with E-state index in [0.717, 1.165) is 0 Å². The number of nitrogens with one attached hydrogen (secondary N) is 2. The van der Waals surface area contributed by atoms with E-state index in [1.54, 1.807) is 12.4 Å². The molecule has 0 radical (unpaired) electrons. The molecule has 0 aromatic carbocycles. The number of hydrogen-bond acceptors (Lipinski definition) is 5. The van der Waals surface area contributed by atoms with Crippen LogP contribution in [0.3, 0.4) is 0 Å². The van der Waals surface area contributed by atoms with Crippen molar-refractivity contribution in [2.75, 3.05) is 12.8 Å². The van der Waals surface area contributed by atoms with E-state index in [0.29, 0.717) is 17.5 Å². The average Bonchev–Trinajstić information content (AvgIpc) is 2.73. The fraction of sp³-hybridized carbons (Fsp3) is 0.545. The molecule has 1 aromatic rings. The Morgan fingerprint density at radius 3 is 2.61 bits per heavy atom. The van der Waals surface area contributed by atoms with Crippen molar-refractivity contribution in [1.82, 2.24) is 15.6 Å². The second kappa shape index (κ2) is 6.34. The summed E-state index contributed by atoms with van der Waals surface area (Å²) in [5.41, 5.74) is 5.71. The molecule has 7 heteroatoms. The van der Waals surface area contributed by atoms with Crippen molar-refractivity contribution in [3.8, 4) is 0 Å². The highest BCUT2D eigenvalue weighted by molar-refractivity contribution is 7.13. The average molecular weight is 270 g/mol. The molecule has 0 saturated heterocycles. The Morgan fingerprint density at radius 2 is 2.17 bits per heavy atom. The summed E-state index contributed by atoms with van der Waals surface area (Å²) in [5.74, 6) is -0.287. The van der Waals surface area contributed by atoms with E-state index in [1.165, 1.54) is 11.3 Å². The number of aromatic nitrogens is 1. The van der Waals surface area contributed by atoms with Crippen LogP contribution in [0.2, 0.25) is 0 Å². The van der Waals surface area contributed by atoms with Gasteiger partial charge in [0, 0.05) is 12.4 Å². The standard InChI is InChI=1S/C11H18N4O2S/c1-6(2)4-7(9(16)13-3)14-10(17)8-5-18-11(12)15-8/h5-7H,4H2,1-3H3,(H2,12,15)(H,13,16)(H,14,17). The van der Waals surface area contributed by atoms with Crippen molar-refractivity contribution in [3.05, 3.63) is 11.1 Å². The van der Waals surface area contributed by atoms with Crippen LogP contribution >= 0.6 is 11.3 Å². The second-order valence-electron chi connectivity index (χ2n) is 4.34. The van der Waals surface area contributed by atoms with Crippen LogP contribution in [0, 0.1) is 5.92 Å². The SMILES string of the molecule is CNC(=O)C(CC(C)C)NC(=O)c1csc(N)n1. The molecular weight excluding hydrogens is 252 g/mol. The number of nitrogens with zero attached hydrogens (tertiary/aromatic N) is 1. The Labute approximate surface area is 110 Å². The number of nitrogens with two attached hydrogens (primary N) is 1. The molecule has 0 aliphatic heterocycles. The predicted octanol–water partition coefficient (Wildman–Crippen LogP) is 0.616. The Morgan fingerprint density at radius 1 is 1.50 bits per heavy atom. The normalized spacial score (nSPS) is 12.2. The number of thiazole rings is 1. The van der Waals surface area contributed by atoms with Crippen molar-refractivity contribution < 1.29 is 9.59 Å². The summed E-state index contributed by atoms with van der Waals surface area (Å²) >= 11 is 1.19. The van der Waals surface area contributed by atoms with E-state index in [-0.39, 0.29) is 17.5 Å². The summed E-state index contributed by atoms with van der Waals surface area (Å²) in [4.78, 5) is 27.4. The largest absolute Gasteiger partial charge is 0.375 e. The van der Waals surface area contributed by atoms with Crippen LogP contribution in [0.25, 0.3) is 0 Å². The lowest BCUT2D eigenvalue weighted by Gasteiger charge is -2.18. The van der Waals surface area contributed by atoms with Gasteiger partial charge in [0.2, 0.25) is 5.91 Å². The Balaban J connectivity index is 2.71. The van der Waals surface area contributed by atoms with Gasteiger partial charge in [-0.2, -0.15) is 0 Å². The molecular formula is C11H18N4O2S. The zero-order chi connectivity index (χ0) is 13.7. The van der Waals surface area contributed by atoms with Gasteiger partial charge in [0.05, 0.1) is 0 Å². The fourth-order valence-electron chi connectivity index (χ4n) is 1.50. The van der Waals surface area contributed by atoms with Gasteiger partial charge >= 0.3 is 0 Å². The lowest BCUT2D eigenvalue weighted by Crippen LogP contribution is -2.46. The van der Waals surface area contributed by atoms with Crippen molar-refractivity contribution >= 4 is 28.3 Å². The highest BCUT2D eigenvalue weighted by Gasteiger charge is 2.22. The number of nitrogen functional groups attached to an aromatic ring is 1. The van der Waals surface area contributed by atoms with Gasteiger partial charge in [0.1, 0.15) is 11.7 Å². The van der Waals surface area contributed by atoms with Crippen molar-refractivity contribution in [2.45, 2.75) is 26.3 Å². The quantitative estimate of drug-likeness (QED) is 0.730. The van der Waals surface area contributed by atoms with Gasteiger partial charge in [0.25, 0.3) is 5.91 Å². The third kappa shape index (κ3) is 3.99. The second-order valence-corrected chi connectivity index (χ2v) is 5.23. The molecule has 0 fully saturated rings. The van der Waals surface area contributed by atoms with E-state index in [9.17, 15) is 9.59 Å². The number of anilines is 1. The van der Waals surface area contributed by atoms with Crippen LogP contribution in [0.15, 0.2) is 5.38 Å². The molecule has 1 unspecified atom stereocenters. The van der Waals surface area contributed by atoms with Gasteiger partial charge in [-0.3, -0.25) is 9.59 Å². The highest BCUT2D eigenvalue weighted by atomic mass is 32.1. The summed E-state index contributed by atoms with van der Waals surface area (Å²) in [6.07, 6.45) is 0.574. The number of rotatable bonds is 5. The molecule has 0 saturated carbocycles. The zero-order valence-corrected chi connectivity index (χ0v) is 11.5. The molecule has 1 rings (SSSR count). The molecule has 6 nitrogen and oxygen atoms in total. The smallest absolute Gasteiger partial charge is 0.271 e. The Hall–Kier alpha value is -1.63. The van der Waals surface area contributed by atoms with Crippen LogP contribution in [0.5, 0.6) is 0 Å². The molecule has 4 N–H and O–H groups in total. The van der Waals surface area contributed by atoms with E-state index in [4.69, 9.17) is 5.73 Å². The van der Waals surface area contributed by atoms with E-state index in [1.807, 2.05) is 13.8 Å². The van der Waals surface area contributed by atoms with Gasteiger partial charge in [0.15, 0.2) is 5.13 Å². The molecule has 18 heavy (non-hydrogen) atoms. The number of carbonyl (C=O) groups excluding carboxylic acids is 2. The first-order valence-corrected chi connectivity index (χ1v) is 6.55. The van der Waals surface area contributed by atoms with Crippen LogP contribution in [-0.4, -0.2) is 29.9 Å². The maximum absolute atomic E-state index is 11.9. The molecule has 1 aromatic heterocycles. The zero-order valence-electron chi connectivity index (χ0n) is 10.7.